The predicted octanol–water partition coefficient (Wildman–Crippen LogP) is 2.11. The largest absolute Gasteiger partial charge is 0.273 e. The van der Waals surface area contributed by atoms with Crippen LogP contribution < -0.4 is 0 Å². The van der Waals surface area contributed by atoms with Gasteiger partial charge in [0.1, 0.15) is 0 Å². The van der Waals surface area contributed by atoms with Gasteiger partial charge in [0.15, 0.2) is 0 Å². The van der Waals surface area contributed by atoms with Gasteiger partial charge in [-0.25, -0.2) is 4.68 Å². The van der Waals surface area contributed by atoms with Gasteiger partial charge in [0.05, 0.1) is 17.7 Å². The predicted molar refractivity (Wildman–Crippen MR) is 95.9 cm³/mol. The maximum atomic E-state index is 12.4. The summed E-state index contributed by atoms with van der Waals surface area (Å²) < 4.78 is 1.71. The number of tetrazole rings is 1. The summed E-state index contributed by atoms with van der Waals surface area (Å²) in [6.45, 7) is 0.887. The lowest BCUT2D eigenvalue weighted by atomic mass is 10.1. The van der Waals surface area contributed by atoms with Gasteiger partial charge in [-0.1, -0.05) is 54.2 Å². The zero-order valence-electron chi connectivity index (χ0n) is 13.8. The standard InChI is InChI=1S/C18H15N5O2S/c24-16-14-8-4-5-9-15(14)17(25)22(16)10-11-26-18-19-20-21-23(18)12-13-6-2-1-3-7-13/h1-9H,10-12H2. The van der Waals surface area contributed by atoms with E-state index >= 15 is 0 Å². The van der Waals surface area contributed by atoms with Crippen LogP contribution in [0.15, 0.2) is 59.8 Å². The number of rotatable bonds is 6. The SMILES string of the molecule is O=C1c2ccccc2C(=O)N1CCSc1nnnn1Cc1ccccc1. The van der Waals surface area contributed by atoms with Gasteiger partial charge >= 0.3 is 0 Å². The van der Waals surface area contributed by atoms with E-state index in [4.69, 9.17) is 0 Å². The fraction of sp³-hybridized carbons (Fsp3) is 0.167. The van der Waals surface area contributed by atoms with Crippen LogP contribution in [0.25, 0.3) is 0 Å². The number of hydrogen-bond donors (Lipinski definition) is 0. The lowest BCUT2D eigenvalue weighted by Crippen LogP contribution is -2.31. The number of imide groups is 1. The Kier molecular flexibility index (Phi) is 4.49. The molecule has 0 saturated heterocycles. The smallest absolute Gasteiger partial charge is 0.261 e. The summed E-state index contributed by atoms with van der Waals surface area (Å²) in [7, 11) is 0. The van der Waals surface area contributed by atoms with E-state index in [-0.39, 0.29) is 11.8 Å². The van der Waals surface area contributed by atoms with Crippen molar-refractivity contribution in [1.82, 2.24) is 25.1 Å². The molecular weight excluding hydrogens is 350 g/mol. The number of hydrogen-bond acceptors (Lipinski definition) is 6. The highest BCUT2D eigenvalue weighted by Gasteiger charge is 2.34. The second kappa shape index (κ2) is 7.09. The molecule has 2 amide bonds. The maximum absolute atomic E-state index is 12.4. The van der Waals surface area contributed by atoms with Crippen LogP contribution in [0.3, 0.4) is 0 Å². The molecule has 2 aromatic carbocycles. The van der Waals surface area contributed by atoms with E-state index in [1.165, 1.54) is 16.7 Å². The number of thioether (sulfide) groups is 1. The Morgan fingerprint density at radius 1 is 0.885 bits per heavy atom. The third kappa shape index (κ3) is 3.11. The first-order valence-corrected chi connectivity index (χ1v) is 9.11. The second-order valence-electron chi connectivity index (χ2n) is 5.76. The van der Waals surface area contributed by atoms with Gasteiger partial charge < -0.3 is 0 Å². The summed E-state index contributed by atoms with van der Waals surface area (Å²) in [5.74, 6) is 0.0471. The summed E-state index contributed by atoms with van der Waals surface area (Å²) in [6, 6.07) is 16.8. The molecule has 0 spiro atoms. The number of fused-ring (bicyclic) bond motifs is 1. The van der Waals surface area contributed by atoms with Crippen LogP contribution in [-0.2, 0) is 6.54 Å². The zero-order valence-corrected chi connectivity index (χ0v) is 14.6. The Bertz CT molecular complexity index is 922. The van der Waals surface area contributed by atoms with E-state index in [1.807, 2.05) is 30.3 Å². The summed E-state index contributed by atoms with van der Waals surface area (Å²) in [6.07, 6.45) is 0. The van der Waals surface area contributed by atoms with Crippen LogP contribution in [0.1, 0.15) is 26.3 Å². The van der Waals surface area contributed by atoms with E-state index in [0.717, 1.165) is 5.56 Å². The minimum atomic E-state index is -0.241. The first kappa shape index (κ1) is 16.5. The first-order chi connectivity index (χ1) is 12.7. The highest BCUT2D eigenvalue weighted by molar-refractivity contribution is 7.99. The number of nitrogens with zero attached hydrogens (tertiary/aromatic N) is 5. The van der Waals surface area contributed by atoms with Crippen molar-refractivity contribution in [3.63, 3.8) is 0 Å². The van der Waals surface area contributed by atoms with Crippen molar-refractivity contribution < 1.29 is 9.59 Å². The van der Waals surface area contributed by atoms with E-state index in [2.05, 4.69) is 15.5 Å². The maximum Gasteiger partial charge on any atom is 0.261 e. The van der Waals surface area contributed by atoms with Crippen LogP contribution >= 0.6 is 11.8 Å². The molecule has 26 heavy (non-hydrogen) atoms. The van der Waals surface area contributed by atoms with Crippen molar-refractivity contribution in [3.8, 4) is 0 Å². The Balaban J connectivity index is 1.39. The van der Waals surface area contributed by atoms with Gasteiger partial charge in [0.2, 0.25) is 5.16 Å². The lowest BCUT2D eigenvalue weighted by Gasteiger charge is -2.13. The Labute approximate surface area is 154 Å². The molecule has 0 aliphatic carbocycles. The van der Waals surface area contributed by atoms with Crippen LogP contribution in [0.5, 0.6) is 0 Å². The molecule has 130 valence electrons. The molecule has 2 heterocycles. The first-order valence-electron chi connectivity index (χ1n) is 8.12. The molecule has 7 nitrogen and oxygen atoms in total. The van der Waals surface area contributed by atoms with Gasteiger partial charge in [-0.2, -0.15) is 0 Å². The number of aromatic nitrogens is 4. The minimum absolute atomic E-state index is 0.241. The van der Waals surface area contributed by atoms with Crippen molar-refractivity contribution in [2.75, 3.05) is 12.3 Å². The molecule has 0 fully saturated rings. The molecule has 1 aliphatic heterocycles. The van der Waals surface area contributed by atoms with Crippen molar-refractivity contribution in [2.24, 2.45) is 0 Å². The molecule has 3 aromatic rings. The van der Waals surface area contributed by atoms with Crippen molar-refractivity contribution in [2.45, 2.75) is 11.7 Å². The average molecular weight is 365 g/mol. The molecule has 0 saturated carbocycles. The molecule has 0 N–H and O–H groups in total. The monoisotopic (exact) mass is 365 g/mol. The molecular formula is C18H15N5O2S. The highest BCUT2D eigenvalue weighted by atomic mass is 32.2. The van der Waals surface area contributed by atoms with Crippen molar-refractivity contribution in [3.05, 3.63) is 71.3 Å². The third-order valence-corrected chi connectivity index (χ3v) is 5.04. The normalized spacial score (nSPS) is 13.3. The topological polar surface area (TPSA) is 81.0 Å². The number of carbonyl (C=O) groups excluding carboxylic acids is 2. The fourth-order valence-corrected chi connectivity index (χ4v) is 3.63. The molecule has 0 radical (unpaired) electrons. The van der Waals surface area contributed by atoms with Gasteiger partial charge in [-0.05, 0) is 28.1 Å². The van der Waals surface area contributed by atoms with Crippen LogP contribution in [0, 0.1) is 0 Å². The summed E-state index contributed by atoms with van der Waals surface area (Å²) in [5, 5.41) is 12.4. The summed E-state index contributed by atoms with van der Waals surface area (Å²) in [4.78, 5) is 26.0. The second-order valence-corrected chi connectivity index (χ2v) is 6.82. The Hall–Kier alpha value is -3.00. The van der Waals surface area contributed by atoms with E-state index in [1.54, 1.807) is 28.9 Å². The van der Waals surface area contributed by atoms with Gasteiger partial charge in [-0.15, -0.1) is 5.10 Å². The fourth-order valence-electron chi connectivity index (χ4n) is 2.83. The zero-order chi connectivity index (χ0) is 17.9. The number of benzene rings is 2. The van der Waals surface area contributed by atoms with Gasteiger partial charge in [0.25, 0.3) is 11.8 Å². The highest BCUT2D eigenvalue weighted by Crippen LogP contribution is 2.23. The number of amides is 2. The molecule has 0 bridgehead atoms. The minimum Gasteiger partial charge on any atom is -0.273 e. The van der Waals surface area contributed by atoms with Crippen LogP contribution in [0.2, 0.25) is 0 Å². The van der Waals surface area contributed by atoms with Gasteiger partial charge in [-0.3, -0.25) is 14.5 Å². The van der Waals surface area contributed by atoms with Crippen molar-refractivity contribution in [1.29, 1.82) is 0 Å². The van der Waals surface area contributed by atoms with Gasteiger partial charge in [0, 0.05) is 12.3 Å². The molecule has 4 rings (SSSR count). The Morgan fingerprint density at radius 2 is 1.54 bits per heavy atom. The van der Waals surface area contributed by atoms with Crippen molar-refractivity contribution >= 4 is 23.6 Å². The molecule has 1 aromatic heterocycles. The quantitative estimate of drug-likeness (QED) is 0.492. The molecule has 8 heteroatoms. The van der Waals surface area contributed by atoms with E-state index < -0.39 is 0 Å². The molecule has 0 unspecified atom stereocenters. The Morgan fingerprint density at radius 3 is 2.23 bits per heavy atom. The molecule has 0 atom stereocenters. The number of carbonyl (C=O) groups is 2. The van der Waals surface area contributed by atoms with E-state index in [0.29, 0.717) is 35.1 Å². The molecule has 1 aliphatic rings. The third-order valence-electron chi connectivity index (χ3n) is 4.10. The summed E-state index contributed by atoms with van der Waals surface area (Å²) >= 11 is 1.42. The summed E-state index contributed by atoms with van der Waals surface area (Å²) in [5.41, 5.74) is 2.04. The van der Waals surface area contributed by atoms with E-state index in [9.17, 15) is 9.59 Å². The van der Waals surface area contributed by atoms with Crippen LogP contribution in [-0.4, -0.2) is 49.2 Å². The average Bonchev–Trinajstić information content (AvgIpc) is 3.21. The lowest BCUT2D eigenvalue weighted by molar-refractivity contribution is 0.0664. The van der Waals surface area contributed by atoms with Crippen LogP contribution in [0.4, 0.5) is 0 Å².